The summed E-state index contributed by atoms with van der Waals surface area (Å²) in [6, 6.07) is 3.27. The Morgan fingerprint density at radius 2 is 1.89 bits per heavy atom. The molecule has 7 heteroatoms. The van der Waals surface area contributed by atoms with Crippen molar-refractivity contribution >= 4 is 17.8 Å². The van der Waals surface area contributed by atoms with Crippen LogP contribution < -0.4 is 0 Å². The van der Waals surface area contributed by atoms with Gasteiger partial charge in [-0.05, 0) is 18.6 Å². The molecule has 1 saturated heterocycles. The number of rotatable bonds is 3. The average Bonchev–Trinajstić information content (AvgIpc) is 2.90. The van der Waals surface area contributed by atoms with Crippen molar-refractivity contribution in [1.82, 2.24) is 9.88 Å². The normalized spacial score (nSPS) is 23.1. The number of aromatic amines is 1. The standard InChI is InChI=1S/C12H14N2O5/c15-10(9-2-1-4-13-9)14-5-3-7(11(16)17)8(6-14)12(18)19/h1-2,4,7-8,13H,3,5-6H2,(H,16,17)(H,18,19). The van der Waals surface area contributed by atoms with E-state index in [-0.39, 0.29) is 25.4 Å². The molecule has 1 fully saturated rings. The van der Waals surface area contributed by atoms with Crippen LogP contribution in [-0.4, -0.2) is 51.0 Å². The zero-order chi connectivity index (χ0) is 14.0. The predicted molar refractivity (Wildman–Crippen MR) is 63.6 cm³/mol. The molecule has 0 spiro atoms. The van der Waals surface area contributed by atoms with E-state index in [2.05, 4.69) is 4.98 Å². The smallest absolute Gasteiger partial charge is 0.309 e. The minimum Gasteiger partial charge on any atom is -0.481 e. The number of carboxylic acid groups (broad SMARTS) is 2. The zero-order valence-corrected chi connectivity index (χ0v) is 10.1. The number of carbonyl (C=O) groups is 3. The summed E-state index contributed by atoms with van der Waals surface area (Å²) in [5.41, 5.74) is 0.373. The van der Waals surface area contributed by atoms with Crippen LogP contribution in [-0.2, 0) is 9.59 Å². The summed E-state index contributed by atoms with van der Waals surface area (Å²) in [4.78, 5) is 38.3. The SMILES string of the molecule is O=C(O)C1CCN(C(=O)c2ccc[nH]2)CC1C(=O)O. The van der Waals surface area contributed by atoms with Crippen molar-refractivity contribution in [1.29, 1.82) is 0 Å². The molecule has 0 bridgehead atoms. The number of likely N-dealkylation sites (tertiary alicyclic amines) is 1. The van der Waals surface area contributed by atoms with Crippen molar-refractivity contribution in [3.05, 3.63) is 24.0 Å². The monoisotopic (exact) mass is 266 g/mol. The fourth-order valence-electron chi connectivity index (χ4n) is 2.32. The summed E-state index contributed by atoms with van der Waals surface area (Å²) < 4.78 is 0. The Morgan fingerprint density at radius 1 is 1.21 bits per heavy atom. The molecule has 2 rings (SSSR count). The Kier molecular flexibility index (Phi) is 3.55. The topological polar surface area (TPSA) is 111 Å². The molecule has 1 aromatic heterocycles. The molecular formula is C12H14N2O5. The highest BCUT2D eigenvalue weighted by Crippen LogP contribution is 2.25. The number of hydrogen-bond donors (Lipinski definition) is 3. The molecule has 7 nitrogen and oxygen atoms in total. The third-order valence-electron chi connectivity index (χ3n) is 3.36. The van der Waals surface area contributed by atoms with Crippen LogP contribution in [0.4, 0.5) is 0 Å². The fourth-order valence-corrected chi connectivity index (χ4v) is 2.32. The number of H-pyrrole nitrogens is 1. The quantitative estimate of drug-likeness (QED) is 0.726. The van der Waals surface area contributed by atoms with Crippen LogP contribution >= 0.6 is 0 Å². The summed E-state index contributed by atoms with van der Waals surface area (Å²) in [5, 5.41) is 18.1. The Bertz CT molecular complexity index is 496. The Labute approximate surface area is 108 Å². The zero-order valence-electron chi connectivity index (χ0n) is 10.1. The number of carbonyl (C=O) groups excluding carboxylic acids is 1. The van der Waals surface area contributed by atoms with Gasteiger partial charge in [0, 0.05) is 19.3 Å². The molecule has 1 aliphatic heterocycles. The van der Waals surface area contributed by atoms with Gasteiger partial charge in [0.1, 0.15) is 5.69 Å². The molecule has 3 N–H and O–H groups in total. The van der Waals surface area contributed by atoms with Crippen molar-refractivity contribution in [2.24, 2.45) is 11.8 Å². The van der Waals surface area contributed by atoms with Crippen LogP contribution in [0, 0.1) is 11.8 Å². The highest BCUT2D eigenvalue weighted by Gasteiger charge is 2.40. The molecule has 19 heavy (non-hydrogen) atoms. The van der Waals surface area contributed by atoms with Gasteiger partial charge in [0.2, 0.25) is 0 Å². The molecule has 1 aromatic rings. The minimum atomic E-state index is -1.18. The van der Waals surface area contributed by atoms with Gasteiger partial charge in [-0.1, -0.05) is 0 Å². The molecule has 1 amide bonds. The highest BCUT2D eigenvalue weighted by atomic mass is 16.4. The first-order valence-electron chi connectivity index (χ1n) is 5.89. The number of aliphatic carboxylic acids is 2. The summed E-state index contributed by atoms with van der Waals surface area (Å²) in [7, 11) is 0. The first kappa shape index (κ1) is 13.1. The van der Waals surface area contributed by atoms with Crippen LogP contribution in [0.1, 0.15) is 16.9 Å². The van der Waals surface area contributed by atoms with Crippen molar-refractivity contribution in [3.63, 3.8) is 0 Å². The van der Waals surface area contributed by atoms with Gasteiger partial charge in [-0.15, -0.1) is 0 Å². The van der Waals surface area contributed by atoms with Crippen LogP contribution in [0.3, 0.4) is 0 Å². The van der Waals surface area contributed by atoms with Gasteiger partial charge in [-0.2, -0.15) is 0 Å². The second-order valence-corrected chi connectivity index (χ2v) is 4.51. The van der Waals surface area contributed by atoms with E-state index in [1.165, 1.54) is 4.90 Å². The van der Waals surface area contributed by atoms with Crippen molar-refractivity contribution in [3.8, 4) is 0 Å². The number of amides is 1. The minimum absolute atomic E-state index is 0.0792. The molecule has 1 aliphatic rings. The van der Waals surface area contributed by atoms with E-state index < -0.39 is 23.8 Å². The first-order chi connectivity index (χ1) is 9.00. The molecule has 0 saturated carbocycles. The summed E-state index contributed by atoms with van der Waals surface area (Å²) in [5.74, 6) is -4.62. The van der Waals surface area contributed by atoms with Crippen molar-refractivity contribution in [2.45, 2.75) is 6.42 Å². The maximum Gasteiger partial charge on any atom is 0.309 e. The number of nitrogens with zero attached hydrogens (tertiary/aromatic N) is 1. The lowest BCUT2D eigenvalue weighted by atomic mass is 9.85. The van der Waals surface area contributed by atoms with Crippen LogP contribution in [0.15, 0.2) is 18.3 Å². The lowest BCUT2D eigenvalue weighted by molar-refractivity contribution is -0.156. The summed E-state index contributed by atoms with van der Waals surface area (Å²) >= 11 is 0. The van der Waals surface area contributed by atoms with E-state index in [9.17, 15) is 14.4 Å². The Hall–Kier alpha value is -2.31. The average molecular weight is 266 g/mol. The maximum atomic E-state index is 12.1. The number of piperidine rings is 1. The van der Waals surface area contributed by atoms with Crippen LogP contribution in [0.2, 0.25) is 0 Å². The third-order valence-corrected chi connectivity index (χ3v) is 3.36. The maximum absolute atomic E-state index is 12.1. The van der Waals surface area contributed by atoms with E-state index in [0.717, 1.165) is 0 Å². The molecule has 102 valence electrons. The van der Waals surface area contributed by atoms with Crippen molar-refractivity contribution in [2.75, 3.05) is 13.1 Å². The lowest BCUT2D eigenvalue weighted by Crippen LogP contribution is -2.48. The van der Waals surface area contributed by atoms with E-state index in [1.54, 1.807) is 18.3 Å². The van der Waals surface area contributed by atoms with Gasteiger partial charge in [0.15, 0.2) is 0 Å². The van der Waals surface area contributed by atoms with Gasteiger partial charge < -0.3 is 20.1 Å². The van der Waals surface area contributed by atoms with Gasteiger partial charge in [0.25, 0.3) is 5.91 Å². The second-order valence-electron chi connectivity index (χ2n) is 4.51. The van der Waals surface area contributed by atoms with E-state index in [4.69, 9.17) is 10.2 Å². The van der Waals surface area contributed by atoms with Gasteiger partial charge in [-0.25, -0.2) is 0 Å². The fraction of sp³-hybridized carbons (Fsp3) is 0.417. The second kappa shape index (κ2) is 5.13. The molecule has 0 aromatic carbocycles. The highest BCUT2D eigenvalue weighted by molar-refractivity contribution is 5.93. The van der Waals surface area contributed by atoms with Gasteiger partial charge in [-0.3, -0.25) is 14.4 Å². The summed E-state index contributed by atoms with van der Waals surface area (Å²) in [6.45, 7) is 0.169. The molecule has 2 atom stereocenters. The number of nitrogens with one attached hydrogen (secondary N) is 1. The van der Waals surface area contributed by atoms with Gasteiger partial charge in [0.05, 0.1) is 11.8 Å². The van der Waals surface area contributed by atoms with Crippen LogP contribution in [0.25, 0.3) is 0 Å². The number of carboxylic acids is 2. The van der Waals surface area contributed by atoms with Crippen LogP contribution in [0.5, 0.6) is 0 Å². The van der Waals surface area contributed by atoms with Gasteiger partial charge >= 0.3 is 11.9 Å². The Balaban J connectivity index is 2.13. The predicted octanol–water partition coefficient (Wildman–Crippen LogP) is 0.262. The lowest BCUT2D eigenvalue weighted by Gasteiger charge is -2.34. The molecule has 0 radical (unpaired) electrons. The third kappa shape index (κ3) is 2.59. The van der Waals surface area contributed by atoms with Crippen molar-refractivity contribution < 1.29 is 24.6 Å². The molecule has 2 heterocycles. The number of aromatic nitrogens is 1. The largest absolute Gasteiger partial charge is 0.481 e. The molecule has 0 aliphatic carbocycles. The summed E-state index contributed by atoms with van der Waals surface area (Å²) in [6.07, 6.45) is 1.75. The molecular weight excluding hydrogens is 252 g/mol. The number of hydrogen-bond acceptors (Lipinski definition) is 3. The molecule has 2 unspecified atom stereocenters. The Morgan fingerprint density at radius 3 is 2.42 bits per heavy atom. The first-order valence-corrected chi connectivity index (χ1v) is 5.89. The van der Waals surface area contributed by atoms with E-state index in [0.29, 0.717) is 5.69 Å². The van der Waals surface area contributed by atoms with E-state index >= 15 is 0 Å². The van der Waals surface area contributed by atoms with E-state index in [1.807, 2.05) is 0 Å².